The van der Waals surface area contributed by atoms with Gasteiger partial charge in [0.2, 0.25) is 0 Å². The average Bonchev–Trinajstić information content (AvgIpc) is 0.811. The van der Waals surface area contributed by atoms with Gasteiger partial charge in [0.05, 0.1) is 0 Å². The Labute approximate surface area is 97.2 Å². The third-order valence-corrected chi connectivity index (χ3v) is 0. The van der Waals surface area contributed by atoms with Crippen LogP contribution in [0.25, 0.3) is 0 Å². The van der Waals surface area contributed by atoms with Crippen LogP contribution in [0.4, 0.5) is 0 Å². The number of hydrogen-bond acceptors (Lipinski definition) is 1. The van der Waals surface area contributed by atoms with Crippen molar-refractivity contribution in [2.24, 2.45) is 0 Å². The van der Waals surface area contributed by atoms with Crippen LogP contribution in [0.3, 0.4) is 0 Å². The van der Waals surface area contributed by atoms with E-state index in [1.165, 1.54) is 0 Å². The first kappa shape index (κ1) is 23.3. The first-order valence-corrected chi connectivity index (χ1v) is 1.95. The van der Waals surface area contributed by atoms with E-state index in [1.54, 1.807) is 0 Å². The topological polar surface area (TPSA) is 89.0 Å². The van der Waals surface area contributed by atoms with Crippen LogP contribution in [0, 0.1) is 0 Å². The first-order valence-electron chi connectivity index (χ1n) is 0.651. The molecule has 0 amide bonds. The van der Waals surface area contributed by atoms with Gasteiger partial charge in [-0.2, -0.15) is 0 Å². The van der Waals surface area contributed by atoms with E-state index >= 15 is 0 Å². The summed E-state index contributed by atoms with van der Waals surface area (Å²) in [5, 5.41) is 0. The second-order valence-corrected chi connectivity index (χ2v) is 0.848. The van der Waals surface area contributed by atoms with Crippen LogP contribution in [0.5, 0.6) is 0 Å². The Bertz CT molecular complexity index is 39.0. The van der Waals surface area contributed by atoms with E-state index in [0.717, 1.165) is 0 Å². The molecule has 0 saturated carbocycles. The molecular formula is H8AlKO4Si. The third-order valence-electron chi connectivity index (χ3n) is 0. The summed E-state index contributed by atoms with van der Waals surface area (Å²) >= 11 is 0. The zero-order valence-corrected chi connectivity index (χ0v) is 7.43. The van der Waals surface area contributed by atoms with Crippen molar-refractivity contribution in [1.82, 2.24) is 0 Å². The SMILES string of the molecule is O.O=[Si](O)O.[AlH3].[H-].[K+]. The average molecular weight is 166 g/mol. The van der Waals surface area contributed by atoms with Crippen LogP contribution in [-0.4, -0.2) is 41.6 Å². The molecule has 0 aromatic carbocycles. The van der Waals surface area contributed by atoms with Crippen molar-refractivity contribution in [3.8, 4) is 0 Å². The minimum Gasteiger partial charge on any atom is -1.00 e. The molecule has 0 aliphatic heterocycles. The van der Waals surface area contributed by atoms with Crippen molar-refractivity contribution < 1.29 is 72.3 Å². The molecule has 0 atom stereocenters. The minimum atomic E-state index is -3.13. The molecule has 4 nitrogen and oxygen atoms in total. The van der Waals surface area contributed by atoms with Crippen LogP contribution in [0.1, 0.15) is 1.43 Å². The molecule has 0 bridgehead atoms. The second-order valence-electron chi connectivity index (χ2n) is 0.283. The van der Waals surface area contributed by atoms with Gasteiger partial charge in [0.1, 0.15) is 0 Å². The predicted octanol–water partition coefficient (Wildman–Crippen LogP) is -6.51. The van der Waals surface area contributed by atoms with E-state index in [4.69, 9.17) is 14.1 Å². The maximum Gasteiger partial charge on any atom is 1.00 e. The van der Waals surface area contributed by atoms with Crippen LogP contribution in [0.2, 0.25) is 0 Å². The maximum absolute atomic E-state index is 8.74. The molecule has 0 aliphatic carbocycles. The minimum absolute atomic E-state index is 0. The van der Waals surface area contributed by atoms with E-state index in [-0.39, 0.29) is 75.6 Å². The second kappa shape index (κ2) is 15.6. The fourth-order valence-corrected chi connectivity index (χ4v) is 0. The molecule has 0 spiro atoms. The molecule has 7 heavy (non-hydrogen) atoms. The van der Waals surface area contributed by atoms with E-state index in [1.807, 2.05) is 0 Å². The van der Waals surface area contributed by atoms with Gasteiger partial charge in [0.25, 0.3) is 0 Å². The fourth-order valence-electron chi connectivity index (χ4n) is 0. The Morgan fingerprint density at radius 1 is 1.43 bits per heavy atom. The summed E-state index contributed by atoms with van der Waals surface area (Å²) in [5.74, 6) is 0. The van der Waals surface area contributed by atoms with Crippen molar-refractivity contribution in [3.05, 3.63) is 0 Å². The Balaban J connectivity index is -0.00000000750. The summed E-state index contributed by atoms with van der Waals surface area (Å²) in [6.45, 7) is 0. The van der Waals surface area contributed by atoms with Gasteiger partial charge in [0.15, 0.2) is 17.4 Å². The fraction of sp³-hybridized carbons (Fsp3) is 0. The Hall–Kier alpha value is 1.75. The number of rotatable bonds is 0. The number of hydrogen-bond donors (Lipinski definition) is 2. The zero-order chi connectivity index (χ0) is 3.58. The van der Waals surface area contributed by atoms with Gasteiger partial charge in [-0.1, -0.05) is 0 Å². The molecule has 0 aromatic rings. The van der Waals surface area contributed by atoms with Crippen LogP contribution in [0.15, 0.2) is 0 Å². The van der Waals surface area contributed by atoms with Gasteiger partial charge >= 0.3 is 60.6 Å². The monoisotopic (exact) mass is 166 g/mol. The van der Waals surface area contributed by atoms with E-state index in [0.29, 0.717) is 0 Å². The Morgan fingerprint density at radius 2 is 1.43 bits per heavy atom. The summed E-state index contributed by atoms with van der Waals surface area (Å²) in [5.41, 5.74) is 0. The summed E-state index contributed by atoms with van der Waals surface area (Å²) in [4.78, 5) is 14.3. The molecule has 0 rings (SSSR count). The largest absolute Gasteiger partial charge is 1.00 e. The standard InChI is InChI=1S/Al.K.H2O3Si.H2O.4H/c;;1-4(2)3;;;;;/h;;1-2H;1H2;;;;/q;+1;;;;;;-1. The van der Waals surface area contributed by atoms with Gasteiger partial charge in [-0.3, -0.25) is 4.46 Å². The van der Waals surface area contributed by atoms with E-state index in [9.17, 15) is 0 Å². The Kier molecular flexibility index (Phi) is 52.1. The van der Waals surface area contributed by atoms with Gasteiger partial charge in [-0.05, 0) is 0 Å². The first-order chi connectivity index (χ1) is 1.73. The predicted molar refractivity (Wildman–Crippen MR) is 25.5 cm³/mol. The summed E-state index contributed by atoms with van der Waals surface area (Å²) in [6, 6.07) is 0. The summed E-state index contributed by atoms with van der Waals surface area (Å²) < 4.78 is 8.74. The molecule has 7 heteroatoms. The zero-order valence-electron chi connectivity index (χ0n) is 4.30. The van der Waals surface area contributed by atoms with Crippen molar-refractivity contribution in [3.63, 3.8) is 0 Å². The van der Waals surface area contributed by atoms with Gasteiger partial charge in [0, 0.05) is 0 Å². The molecule has 0 heterocycles. The summed E-state index contributed by atoms with van der Waals surface area (Å²) in [6.07, 6.45) is 0. The van der Waals surface area contributed by atoms with E-state index in [2.05, 4.69) is 0 Å². The molecule has 4 N–H and O–H groups in total. The molecule has 0 radical (unpaired) electrons. The third kappa shape index (κ3) is 83.9. The van der Waals surface area contributed by atoms with Crippen molar-refractivity contribution >= 4 is 26.5 Å². The van der Waals surface area contributed by atoms with Crippen molar-refractivity contribution in [1.29, 1.82) is 0 Å². The van der Waals surface area contributed by atoms with Gasteiger partial charge in [-0.25, -0.2) is 0 Å². The van der Waals surface area contributed by atoms with Gasteiger partial charge < -0.3 is 16.5 Å². The van der Waals surface area contributed by atoms with Crippen LogP contribution < -0.4 is 51.4 Å². The van der Waals surface area contributed by atoms with Crippen LogP contribution >= 0.6 is 0 Å². The van der Waals surface area contributed by atoms with Gasteiger partial charge in [-0.15, -0.1) is 0 Å². The molecule has 40 valence electrons. The quantitative estimate of drug-likeness (QED) is 0.351. The smallest absolute Gasteiger partial charge is 1.00 e. The molecule has 0 aromatic heterocycles. The summed E-state index contributed by atoms with van der Waals surface area (Å²) in [7, 11) is -3.13. The van der Waals surface area contributed by atoms with Crippen molar-refractivity contribution in [2.45, 2.75) is 0 Å². The molecule has 0 saturated heterocycles. The molecular weight excluding hydrogens is 158 g/mol. The van der Waals surface area contributed by atoms with Crippen LogP contribution in [-0.2, 0) is 4.46 Å². The molecule has 0 fully saturated rings. The Morgan fingerprint density at radius 3 is 1.43 bits per heavy atom. The normalized spacial score (nSPS) is 3.43. The molecule has 0 aliphatic rings. The van der Waals surface area contributed by atoms with Crippen molar-refractivity contribution in [2.75, 3.05) is 0 Å². The maximum atomic E-state index is 8.74. The molecule has 0 unspecified atom stereocenters. The van der Waals surface area contributed by atoms with E-state index < -0.39 is 9.17 Å².